The number of hydrogen-bond donors (Lipinski definition) is 3. The standard InChI is InChI=1S/C23H27N3O4/c1-12-4-5-15(27)7-17(12)22-8-14-11-25(2)19(14)23(22,30)9-13-6-16(20(24)28)21(29)26(3)18(13)10-22/h4-7,14,19,27,30H,8-11H2,1-3H3,(H2,24,28)/t14?,19-,22-,23?/m1/s1. The van der Waals surface area contributed by atoms with Crippen molar-refractivity contribution in [3.63, 3.8) is 0 Å². The Morgan fingerprint density at radius 2 is 1.97 bits per heavy atom. The molecule has 0 radical (unpaired) electrons. The van der Waals surface area contributed by atoms with Crippen LogP contribution >= 0.6 is 0 Å². The molecule has 1 saturated heterocycles. The summed E-state index contributed by atoms with van der Waals surface area (Å²) in [6.45, 7) is 2.91. The average Bonchev–Trinajstić information content (AvgIpc) is 2.87. The number of nitrogens with zero attached hydrogens (tertiary/aromatic N) is 2. The third kappa shape index (κ3) is 2.22. The molecular weight excluding hydrogens is 382 g/mol. The summed E-state index contributed by atoms with van der Waals surface area (Å²) >= 11 is 0. The highest BCUT2D eigenvalue weighted by atomic mass is 16.3. The van der Waals surface area contributed by atoms with Crippen molar-refractivity contribution in [2.24, 2.45) is 18.7 Å². The number of carbonyl (C=O) groups is 1. The molecule has 7 nitrogen and oxygen atoms in total. The minimum Gasteiger partial charge on any atom is -0.508 e. The Morgan fingerprint density at radius 3 is 2.63 bits per heavy atom. The van der Waals surface area contributed by atoms with Gasteiger partial charge in [0.05, 0.1) is 5.60 Å². The van der Waals surface area contributed by atoms with E-state index in [1.54, 1.807) is 25.2 Å². The topological polar surface area (TPSA) is 109 Å². The SMILES string of the molecule is Cc1ccc(O)cc1[C@@]12Cc3c(cc(C(N)=O)c(=O)n3C)CC1(O)[C@H]1C(CN1C)C2. The molecule has 1 saturated carbocycles. The summed E-state index contributed by atoms with van der Waals surface area (Å²) < 4.78 is 1.51. The maximum Gasteiger partial charge on any atom is 0.263 e. The first-order valence-corrected chi connectivity index (χ1v) is 10.3. The fourth-order valence-corrected chi connectivity index (χ4v) is 6.68. The number of hydrogen-bond acceptors (Lipinski definition) is 5. The molecule has 2 aliphatic carbocycles. The zero-order chi connectivity index (χ0) is 21.6. The molecule has 3 aliphatic rings. The molecule has 2 unspecified atom stereocenters. The quantitative estimate of drug-likeness (QED) is 0.673. The number of aromatic nitrogens is 1. The summed E-state index contributed by atoms with van der Waals surface area (Å²) in [5.74, 6) is -0.247. The molecule has 7 heteroatoms. The summed E-state index contributed by atoms with van der Waals surface area (Å²) in [4.78, 5) is 26.8. The van der Waals surface area contributed by atoms with E-state index in [9.17, 15) is 19.8 Å². The zero-order valence-electron chi connectivity index (χ0n) is 17.5. The van der Waals surface area contributed by atoms with E-state index in [2.05, 4.69) is 4.90 Å². The third-order valence-corrected chi connectivity index (χ3v) is 7.93. The fraction of sp³-hybridized carbons (Fsp3) is 0.478. The molecule has 158 valence electrons. The fourth-order valence-electron chi connectivity index (χ4n) is 6.68. The number of pyridine rings is 1. The number of phenolic OH excluding ortho intramolecular Hbond substituents is 1. The zero-order valence-corrected chi connectivity index (χ0v) is 17.5. The van der Waals surface area contributed by atoms with E-state index in [-0.39, 0.29) is 17.4 Å². The number of aryl methyl sites for hydroxylation is 1. The molecule has 1 aliphatic heterocycles. The van der Waals surface area contributed by atoms with E-state index >= 15 is 0 Å². The van der Waals surface area contributed by atoms with Crippen LogP contribution in [0.25, 0.3) is 0 Å². The Bertz CT molecular complexity index is 1160. The molecule has 5 rings (SSSR count). The van der Waals surface area contributed by atoms with Crippen LogP contribution in [0, 0.1) is 12.8 Å². The molecular formula is C23H27N3O4. The first-order chi connectivity index (χ1) is 14.1. The van der Waals surface area contributed by atoms with Gasteiger partial charge in [0.1, 0.15) is 11.3 Å². The van der Waals surface area contributed by atoms with Crippen LogP contribution < -0.4 is 11.3 Å². The molecule has 1 amide bonds. The number of nitrogens with two attached hydrogens (primary N) is 1. The number of fused-ring (bicyclic) bond motifs is 4. The molecule has 1 aromatic carbocycles. The average molecular weight is 409 g/mol. The van der Waals surface area contributed by atoms with Gasteiger partial charge in [-0.2, -0.15) is 0 Å². The molecule has 30 heavy (non-hydrogen) atoms. The molecule has 1 aromatic heterocycles. The Hall–Kier alpha value is -2.64. The number of aromatic hydroxyl groups is 1. The van der Waals surface area contributed by atoms with Gasteiger partial charge in [0, 0.05) is 43.6 Å². The second-order valence-corrected chi connectivity index (χ2v) is 9.47. The summed E-state index contributed by atoms with van der Waals surface area (Å²) in [6, 6.07) is 6.88. The van der Waals surface area contributed by atoms with Gasteiger partial charge in [-0.3, -0.25) is 14.5 Å². The van der Waals surface area contributed by atoms with E-state index in [0.29, 0.717) is 18.8 Å². The number of aliphatic hydroxyl groups is 1. The second-order valence-electron chi connectivity index (χ2n) is 9.47. The van der Waals surface area contributed by atoms with Gasteiger partial charge in [0.25, 0.3) is 11.5 Å². The van der Waals surface area contributed by atoms with Gasteiger partial charge in [-0.05, 0) is 61.2 Å². The van der Waals surface area contributed by atoms with Crippen molar-refractivity contribution >= 4 is 5.91 Å². The number of phenols is 1. The lowest BCUT2D eigenvalue weighted by molar-refractivity contribution is -0.108. The largest absolute Gasteiger partial charge is 0.508 e. The Balaban J connectivity index is 1.79. The van der Waals surface area contributed by atoms with E-state index in [4.69, 9.17) is 5.73 Å². The lowest BCUT2D eigenvalue weighted by Crippen LogP contribution is -2.67. The number of likely N-dealkylation sites (N-methyl/N-ethyl adjacent to an activating group) is 1. The summed E-state index contributed by atoms with van der Waals surface area (Å²) in [5.41, 5.74) is 6.85. The van der Waals surface area contributed by atoms with Crippen LogP contribution in [0.5, 0.6) is 5.75 Å². The van der Waals surface area contributed by atoms with Crippen LogP contribution in [0.15, 0.2) is 29.1 Å². The van der Waals surface area contributed by atoms with Crippen molar-refractivity contribution < 1.29 is 15.0 Å². The number of carbonyl (C=O) groups excluding carboxylic acids is 1. The van der Waals surface area contributed by atoms with Gasteiger partial charge in [-0.25, -0.2) is 0 Å². The van der Waals surface area contributed by atoms with Gasteiger partial charge >= 0.3 is 0 Å². The second kappa shape index (κ2) is 5.95. The van der Waals surface area contributed by atoms with Gasteiger partial charge < -0.3 is 20.5 Å². The number of likely N-dealkylation sites (tertiary alicyclic amines) is 1. The predicted molar refractivity (Wildman–Crippen MR) is 112 cm³/mol. The first-order valence-electron chi connectivity index (χ1n) is 10.3. The highest BCUT2D eigenvalue weighted by molar-refractivity contribution is 5.92. The van der Waals surface area contributed by atoms with Gasteiger partial charge in [-0.1, -0.05) is 6.07 Å². The molecule has 0 bridgehead atoms. The Labute approximate surface area is 174 Å². The lowest BCUT2D eigenvalue weighted by atomic mass is 9.59. The highest BCUT2D eigenvalue weighted by Gasteiger charge is 2.70. The van der Waals surface area contributed by atoms with E-state index < -0.39 is 22.5 Å². The number of rotatable bonds is 2. The van der Waals surface area contributed by atoms with Crippen molar-refractivity contribution in [3.05, 3.63) is 62.6 Å². The highest BCUT2D eigenvalue weighted by Crippen LogP contribution is 2.61. The van der Waals surface area contributed by atoms with E-state index in [1.165, 1.54) is 4.57 Å². The number of amides is 1. The molecule has 2 heterocycles. The minimum absolute atomic E-state index is 0.0124. The smallest absolute Gasteiger partial charge is 0.263 e. The monoisotopic (exact) mass is 409 g/mol. The Kier molecular flexibility index (Phi) is 3.84. The molecule has 0 spiro atoms. The van der Waals surface area contributed by atoms with Crippen molar-refractivity contribution in [1.29, 1.82) is 0 Å². The van der Waals surface area contributed by atoms with Crippen LogP contribution in [0.4, 0.5) is 0 Å². The minimum atomic E-state index is -1.08. The summed E-state index contributed by atoms with van der Waals surface area (Å²) in [7, 11) is 3.69. The van der Waals surface area contributed by atoms with Crippen LogP contribution in [-0.4, -0.2) is 50.8 Å². The predicted octanol–water partition coefficient (Wildman–Crippen LogP) is 0.600. The van der Waals surface area contributed by atoms with Gasteiger partial charge in [0.2, 0.25) is 0 Å². The van der Waals surface area contributed by atoms with E-state index in [0.717, 1.165) is 35.3 Å². The Morgan fingerprint density at radius 1 is 1.23 bits per heavy atom. The van der Waals surface area contributed by atoms with Crippen LogP contribution in [0.3, 0.4) is 0 Å². The molecule has 4 N–H and O–H groups in total. The lowest BCUT2D eigenvalue weighted by Gasteiger charge is -2.54. The molecule has 2 aromatic rings. The van der Waals surface area contributed by atoms with E-state index in [1.807, 2.05) is 20.0 Å². The molecule has 4 atom stereocenters. The number of benzene rings is 1. The van der Waals surface area contributed by atoms with Crippen LogP contribution in [0.1, 0.15) is 39.2 Å². The van der Waals surface area contributed by atoms with Gasteiger partial charge in [0.15, 0.2) is 0 Å². The van der Waals surface area contributed by atoms with Crippen LogP contribution in [-0.2, 0) is 25.3 Å². The van der Waals surface area contributed by atoms with Crippen LogP contribution in [0.2, 0.25) is 0 Å². The van der Waals surface area contributed by atoms with Crippen molar-refractivity contribution in [2.75, 3.05) is 13.6 Å². The maximum absolute atomic E-state index is 12.8. The summed E-state index contributed by atoms with van der Waals surface area (Å²) in [5, 5.41) is 22.6. The summed E-state index contributed by atoms with van der Waals surface area (Å²) in [6.07, 6.45) is 1.58. The van der Waals surface area contributed by atoms with Crippen molar-refractivity contribution in [2.45, 2.75) is 43.2 Å². The maximum atomic E-state index is 12.8. The first kappa shape index (κ1) is 19.3. The normalized spacial score (nSPS) is 32.1. The van der Waals surface area contributed by atoms with Crippen molar-refractivity contribution in [3.8, 4) is 5.75 Å². The molecule has 2 fully saturated rings. The third-order valence-electron chi connectivity index (χ3n) is 7.93. The number of primary amides is 1. The van der Waals surface area contributed by atoms with Crippen molar-refractivity contribution in [1.82, 2.24) is 9.47 Å². The van der Waals surface area contributed by atoms with Gasteiger partial charge in [-0.15, -0.1) is 0 Å².